The number of halogens is 1. The summed E-state index contributed by atoms with van der Waals surface area (Å²) in [6.45, 7) is 1.47. The number of benzene rings is 1. The van der Waals surface area contributed by atoms with Crippen LogP contribution in [0.4, 0.5) is 4.39 Å². The standard InChI is InChI=1S/C14H12FNOS/c15-11-3-4-14-10(6-11)7-13(18-14)9-16-8-12-2-1-5-17-12/h1-7,16H,8-9H2. The molecule has 0 radical (unpaired) electrons. The van der Waals surface area contributed by atoms with Crippen molar-refractivity contribution in [3.05, 3.63) is 59.1 Å². The molecule has 0 unspecified atom stereocenters. The van der Waals surface area contributed by atoms with Gasteiger partial charge in [0.25, 0.3) is 0 Å². The molecule has 0 saturated heterocycles. The molecule has 3 rings (SSSR count). The van der Waals surface area contributed by atoms with Crippen molar-refractivity contribution < 1.29 is 8.81 Å². The molecule has 1 N–H and O–H groups in total. The minimum absolute atomic E-state index is 0.185. The first kappa shape index (κ1) is 11.4. The lowest BCUT2D eigenvalue weighted by Gasteiger charge is -1.99. The van der Waals surface area contributed by atoms with Gasteiger partial charge >= 0.3 is 0 Å². The van der Waals surface area contributed by atoms with Crippen molar-refractivity contribution in [2.24, 2.45) is 0 Å². The molecule has 2 heterocycles. The van der Waals surface area contributed by atoms with E-state index in [0.717, 1.165) is 22.4 Å². The maximum atomic E-state index is 13.1. The molecular formula is C14H12FNOS. The molecule has 0 bridgehead atoms. The molecule has 3 aromatic rings. The Morgan fingerprint density at radius 1 is 1.17 bits per heavy atom. The second-order valence-electron chi connectivity index (χ2n) is 4.08. The molecule has 0 aliphatic heterocycles. The predicted molar refractivity (Wildman–Crippen MR) is 71.0 cm³/mol. The maximum Gasteiger partial charge on any atom is 0.123 e. The van der Waals surface area contributed by atoms with E-state index in [4.69, 9.17) is 4.42 Å². The first-order chi connectivity index (χ1) is 8.81. The third-order valence-corrected chi connectivity index (χ3v) is 3.82. The Morgan fingerprint density at radius 2 is 2.11 bits per heavy atom. The molecule has 0 atom stereocenters. The van der Waals surface area contributed by atoms with Crippen LogP contribution in [0.5, 0.6) is 0 Å². The van der Waals surface area contributed by atoms with Gasteiger partial charge in [-0.1, -0.05) is 0 Å². The summed E-state index contributed by atoms with van der Waals surface area (Å²) in [7, 11) is 0. The van der Waals surface area contributed by atoms with E-state index >= 15 is 0 Å². The topological polar surface area (TPSA) is 25.2 Å². The van der Waals surface area contributed by atoms with Gasteiger partial charge < -0.3 is 9.73 Å². The van der Waals surface area contributed by atoms with Crippen molar-refractivity contribution in [2.75, 3.05) is 0 Å². The average molecular weight is 261 g/mol. The highest BCUT2D eigenvalue weighted by Gasteiger charge is 2.03. The quantitative estimate of drug-likeness (QED) is 0.770. The predicted octanol–water partition coefficient (Wildman–Crippen LogP) is 3.92. The fraction of sp³-hybridized carbons (Fsp3) is 0.143. The van der Waals surface area contributed by atoms with Gasteiger partial charge in [-0.15, -0.1) is 11.3 Å². The Labute approximate surface area is 108 Å². The molecule has 2 aromatic heterocycles. The molecule has 1 aromatic carbocycles. The molecule has 0 amide bonds. The number of fused-ring (bicyclic) bond motifs is 1. The molecule has 0 saturated carbocycles. The summed E-state index contributed by atoms with van der Waals surface area (Å²) >= 11 is 1.68. The summed E-state index contributed by atoms with van der Waals surface area (Å²) in [4.78, 5) is 1.20. The largest absolute Gasteiger partial charge is 0.468 e. The Hall–Kier alpha value is -1.65. The lowest BCUT2D eigenvalue weighted by Crippen LogP contribution is -2.10. The van der Waals surface area contributed by atoms with E-state index in [9.17, 15) is 4.39 Å². The van der Waals surface area contributed by atoms with Crippen molar-refractivity contribution in [3.8, 4) is 0 Å². The number of nitrogens with one attached hydrogen (secondary N) is 1. The molecule has 4 heteroatoms. The normalized spacial score (nSPS) is 11.2. The minimum Gasteiger partial charge on any atom is -0.468 e. The van der Waals surface area contributed by atoms with Crippen LogP contribution in [0.25, 0.3) is 10.1 Å². The van der Waals surface area contributed by atoms with E-state index in [1.807, 2.05) is 24.3 Å². The van der Waals surface area contributed by atoms with Gasteiger partial charge in [0.05, 0.1) is 12.8 Å². The molecular weight excluding hydrogens is 249 g/mol. The van der Waals surface area contributed by atoms with Crippen LogP contribution in [0.15, 0.2) is 47.1 Å². The fourth-order valence-electron chi connectivity index (χ4n) is 1.88. The summed E-state index contributed by atoms with van der Waals surface area (Å²) < 4.78 is 19.4. The lowest BCUT2D eigenvalue weighted by atomic mass is 10.2. The zero-order valence-electron chi connectivity index (χ0n) is 9.65. The highest BCUT2D eigenvalue weighted by Crippen LogP contribution is 2.26. The molecule has 0 spiro atoms. The zero-order chi connectivity index (χ0) is 12.4. The Balaban J connectivity index is 1.67. The smallest absolute Gasteiger partial charge is 0.123 e. The fourth-order valence-corrected chi connectivity index (χ4v) is 2.89. The summed E-state index contributed by atoms with van der Waals surface area (Å²) in [5, 5.41) is 4.27. The van der Waals surface area contributed by atoms with E-state index in [0.29, 0.717) is 6.54 Å². The molecule has 18 heavy (non-hydrogen) atoms. The van der Waals surface area contributed by atoms with Gasteiger partial charge in [-0.05, 0) is 41.8 Å². The minimum atomic E-state index is -0.185. The van der Waals surface area contributed by atoms with E-state index in [1.165, 1.54) is 10.9 Å². The second-order valence-corrected chi connectivity index (χ2v) is 5.25. The van der Waals surface area contributed by atoms with Crippen LogP contribution in [0.2, 0.25) is 0 Å². The summed E-state index contributed by atoms with van der Waals surface area (Å²) in [6, 6.07) is 10.7. The second kappa shape index (κ2) is 4.92. The first-order valence-electron chi connectivity index (χ1n) is 5.72. The van der Waals surface area contributed by atoms with Crippen LogP contribution in [-0.4, -0.2) is 0 Å². The van der Waals surface area contributed by atoms with Crippen LogP contribution < -0.4 is 5.32 Å². The average Bonchev–Trinajstić information content (AvgIpc) is 2.97. The van der Waals surface area contributed by atoms with Gasteiger partial charge in [0.15, 0.2) is 0 Å². The van der Waals surface area contributed by atoms with Crippen molar-refractivity contribution >= 4 is 21.4 Å². The SMILES string of the molecule is Fc1ccc2sc(CNCc3ccco3)cc2c1. The van der Waals surface area contributed by atoms with Gasteiger partial charge in [0.1, 0.15) is 11.6 Å². The molecule has 0 aliphatic carbocycles. The van der Waals surface area contributed by atoms with Crippen LogP contribution in [0.1, 0.15) is 10.6 Å². The summed E-state index contributed by atoms with van der Waals surface area (Å²) in [6.07, 6.45) is 1.67. The van der Waals surface area contributed by atoms with Crippen molar-refractivity contribution in [1.82, 2.24) is 5.32 Å². The summed E-state index contributed by atoms with van der Waals surface area (Å²) in [5.74, 6) is 0.734. The van der Waals surface area contributed by atoms with Crippen molar-refractivity contribution in [3.63, 3.8) is 0 Å². The third kappa shape index (κ3) is 2.44. The van der Waals surface area contributed by atoms with E-state index in [1.54, 1.807) is 23.7 Å². The van der Waals surface area contributed by atoms with Crippen molar-refractivity contribution in [1.29, 1.82) is 0 Å². The maximum absolute atomic E-state index is 13.1. The van der Waals surface area contributed by atoms with Gasteiger partial charge in [0, 0.05) is 16.1 Å². The van der Waals surface area contributed by atoms with E-state index < -0.39 is 0 Å². The highest BCUT2D eigenvalue weighted by molar-refractivity contribution is 7.19. The first-order valence-corrected chi connectivity index (χ1v) is 6.54. The Bertz CT molecular complexity index is 645. The van der Waals surface area contributed by atoms with Gasteiger partial charge in [-0.3, -0.25) is 0 Å². The molecule has 0 aliphatic rings. The number of hydrogen-bond donors (Lipinski definition) is 1. The van der Waals surface area contributed by atoms with Crippen LogP contribution in [0.3, 0.4) is 0 Å². The van der Waals surface area contributed by atoms with Crippen molar-refractivity contribution in [2.45, 2.75) is 13.1 Å². The molecule has 92 valence electrons. The van der Waals surface area contributed by atoms with Crippen LogP contribution in [0, 0.1) is 5.82 Å². The van der Waals surface area contributed by atoms with Gasteiger partial charge in [-0.2, -0.15) is 0 Å². The van der Waals surface area contributed by atoms with Crippen LogP contribution in [-0.2, 0) is 13.1 Å². The number of hydrogen-bond acceptors (Lipinski definition) is 3. The van der Waals surface area contributed by atoms with E-state index in [-0.39, 0.29) is 5.82 Å². The highest BCUT2D eigenvalue weighted by atomic mass is 32.1. The zero-order valence-corrected chi connectivity index (χ0v) is 10.5. The lowest BCUT2D eigenvalue weighted by molar-refractivity contribution is 0.484. The third-order valence-electron chi connectivity index (χ3n) is 2.71. The van der Waals surface area contributed by atoms with Gasteiger partial charge in [-0.25, -0.2) is 4.39 Å². The van der Waals surface area contributed by atoms with E-state index in [2.05, 4.69) is 5.32 Å². The molecule has 0 fully saturated rings. The Morgan fingerprint density at radius 3 is 2.94 bits per heavy atom. The number of thiophene rings is 1. The van der Waals surface area contributed by atoms with Crippen LogP contribution >= 0.6 is 11.3 Å². The molecule has 2 nitrogen and oxygen atoms in total. The van der Waals surface area contributed by atoms with Gasteiger partial charge in [0.2, 0.25) is 0 Å². The monoisotopic (exact) mass is 261 g/mol. The number of furan rings is 1. The summed E-state index contributed by atoms with van der Waals surface area (Å²) in [5.41, 5.74) is 0. The number of rotatable bonds is 4. The Kier molecular flexibility index (Phi) is 3.13.